The second kappa shape index (κ2) is 4.79. The van der Waals surface area contributed by atoms with E-state index in [0.29, 0.717) is 11.2 Å². The third-order valence-electron chi connectivity index (χ3n) is 3.50. The number of carboxylic acid groups (broad SMARTS) is 1. The molecule has 9 heteroatoms. The Morgan fingerprint density at radius 1 is 1.33 bits per heavy atom. The fourth-order valence-corrected chi connectivity index (χ4v) is 2.49. The van der Waals surface area contributed by atoms with Crippen molar-refractivity contribution in [3.05, 3.63) is 24.3 Å². The highest BCUT2D eigenvalue weighted by molar-refractivity contribution is 5.81. The van der Waals surface area contributed by atoms with Crippen LogP contribution in [0.2, 0.25) is 0 Å². The molecule has 2 aromatic heterocycles. The lowest BCUT2D eigenvalue weighted by Gasteiger charge is -2.18. The molecule has 3 atom stereocenters. The van der Waals surface area contributed by atoms with Gasteiger partial charge in [-0.05, 0) is 5.57 Å². The Labute approximate surface area is 118 Å². The van der Waals surface area contributed by atoms with Gasteiger partial charge in [0.1, 0.15) is 24.1 Å². The van der Waals surface area contributed by atoms with Crippen LogP contribution in [0.1, 0.15) is 12.5 Å². The number of rotatable bonds is 3. The number of nitrogens with two attached hydrogens (primary N) is 1. The van der Waals surface area contributed by atoms with Gasteiger partial charge in [-0.25, -0.2) is 15.0 Å². The predicted molar refractivity (Wildman–Crippen MR) is 71.1 cm³/mol. The number of hydrogen-bond acceptors (Lipinski definition) is 7. The summed E-state index contributed by atoms with van der Waals surface area (Å²) in [5.41, 5.74) is 6.74. The number of nitrogens with zero attached hydrogens (tertiary/aromatic N) is 4. The van der Waals surface area contributed by atoms with Crippen molar-refractivity contribution < 1.29 is 20.1 Å². The number of nitrogen functional groups attached to an aromatic ring is 1. The zero-order chi connectivity index (χ0) is 15.1. The highest BCUT2D eigenvalue weighted by Gasteiger charge is 2.37. The second-order valence-electron chi connectivity index (χ2n) is 4.82. The van der Waals surface area contributed by atoms with Crippen molar-refractivity contribution in [1.29, 1.82) is 0 Å². The molecule has 0 radical (unpaired) electrons. The standard InChI is InChI=1S/C12H13N5O4/c13-11-8-12(15-3-14-11)17(4-16-8)6-1-5(2-7(18)19)9(20)10(6)21/h1,3-4,6,9-10,20-21H,2H2,(H,18,19)(H2,13,14,15). The Bertz CT molecular complexity index is 740. The largest absolute Gasteiger partial charge is 0.481 e. The van der Waals surface area contributed by atoms with E-state index in [2.05, 4.69) is 15.0 Å². The van der Waals surface area contributed by atoms with E-state index in [1.54, 1.807) is 0 Å². The molecule has 3 unspecified atom stereocenters. The molecular weight excluding hydrogens is 278 g/mol. The number of fused-ring (bicyclic) bond motifs is 1. The number of anilines is 1. The van der Waals surface area contributed by atoms with Crippen molar-refractivity contribution in [3.63, 3.8) is 0 Å². The van der Waals surface area contributed by atoms with E-state index in [9.17, 15) is 15.0 Å². The minimum atomic E-state index is -1.23. The normalized spacial score (nSPS) is 25.2. The van der Waals surface area contributed by atoms with Gasteiger partial charge in [-0.3, -0.25) is 4.79 Å². The van der Waals surface area contributed by atoms with Gasteiger partial charge in [-0.2, -0.15) is 0 Å². The highest BCUT2D eigenvalue weighted by atomic mass is 16.4. The van der Waals surface area contributed by atoms with Gasteiger partial charge in [0.2, 0.25) is 0 Å². The zero-order valence-corrected chi connectivity index (χ0v) is 10.8. The minimum absolute atomic E-state index is 0.210. The molecule has 2 aromatic rings. The lowest BCUT2D eigenvalue weighted by molar-refractivity contribution is -0.136. The second-order valence-corrected chi connectivity index (χ2v) is 4.82. The lowest BCUT2D eigenvalue weighted by atomic mass is 10.1. The monoisotopic (exact) mass is 291 g/mol. The van der Waals surface area contributed by atoms with Crippen LogP contribution in [-0.2, 0) is 4.79 Å². The smallest absolute Gasteiger partial charge is 0.307 e. The summed E-state index contributed by atoms with van der Waals surface area (Å²) in [4.78, 5) is 22.7. The molecule has 1 aliphatic carbocycles. The Morgan fingerprint density at radius 2 is 2.10 bits per heavy atom. The van der Waals surface area contributed by atoms with E-state index in [1.165, 1.54) is 23.3 Å². The summed E-state index contributed by atoms with van der Waals surface area (Å²) in [5, 5.41) is 28.9. The first kappa shape index (κ1) is 13.5. The summed E-state index contributed by atoms with van der Waals surface area (Å²) in [6, 6.07) is -0.659. The Morgan fingerprint density at radius 3 is 2.81 bits per heavy atom. The molecule has 2 heterocycles. The van der Waals surface area contributed by atoms with Crippen molar-refractivity contribution in [2.45, 2.75) is 24.7 Å². The highest BCUT2D eigenvalue weighted by Crippen LogP contribution is 2.33. The van der Waals surface area contributed by atoms with E-state index >= 15 is 0 Å². The summed E-state index contributed by atoms with van der Waals surface area (Å²) >= 11 is 0. The molecule has 0 saturated heterocycles. The van der Waals surface area contributed by atoms with E-state index in [1.807, 2.05) is 0 Å². The number of carboxylic acids is 1. The van der Waals surface area contributed by atoms with Gasteiger partial charge in [0.15, 0.2) is 11.5 Å². The first-order valence-corrected chi connectivity index (χ1v) is 6.20. The first-order chi connectivity index (χ1) is 9.99. The van der Waals surface area contributed by atoms with Gasteiger partial charge >= 0.3 is 5.97 Å². The lowest BCUT2D eigenvalue weighted by Crippen LogP contribution is -2.29. The average molecular weight is 291 g/mol. The van der Waals surface area contributed by atoms with Gasteiger partial charge in [-0.15, -0.1) is 0 Å². The SMILES string of the molecule is Nc1ncnc2c1ncn2C1C=C(CC(=O)O)C(O)C1O. The van der Waals surface area contributed by atoms with Crippen LogP contribution < -0.4 is 5.73 Å². The van der Waals surface area contributed by atoms with Gasteiger partial charge in [0.25, 0.3) is 0 Å². The van der Waals surface area contributed by atoms with Gasteiger partial charge in [0, 0.05) is 0 Å². The number of hydrogen-bond donors (Lipinski definition) is 4. The van der Waals surface area contributed by atoms with Gasteiger partial charge < -0.3 is 25.6 Å². The van der Waals surface area contributed by atoms with Crippen molar-refractivity contribution in [2.24, 2.45) is 0 Å². The fraction of sp³-hybridized carbons (Fsp3) is 0.333. The molecule has 0 aliphatic heterocycles. The molecule has 21 heavy (non-hydrogen) atoms. The van der Waals surface area contributed by atoms with Crippen LogP contribution in [0.5, 0.6) is 0 Å². The molecule has 1 aliphatic rings. The van der Waals surface area contributed by atoms with Crippen LogP contribution in [0.25, 0.3) is 11.2 Å². The van der Waals surface area contributed by atoms with E-state index < -0.39 is 24.2 Å². The number of aliphatic hydroxyl groups excluding tert-OH is 2. The van der Waals surface area contributed by atoms with Crippen LogP contribution in [0.3, 0.4) is 0 Å². The maximum Gasteiger partial charge on any atom is 0.307 e. The predicted octanol–water partition coefficient (Wildman–Crippen LogP) is -0.914. The zero-order valence-electron chi connectivity index (χ0n) is 10.8. The van der Waals surface area contributed by atoms with Crippen LogP contribution >= 0.6 is 0 Å². The first-order valence-electron chi connectivity index (χ1n) is 6.20. The van der Waals surface area contributed by atoms with E-state index in [4.69, 9.17) is 10.8 Å². The van der Waals surface area contributed by atoms with Gasteiger partial charge in [0.05, 0.1) is 18.8 Å². The molecule has 5 N–H and O–H groups in total. The fourth-order valence-electron chi connectivity index (χ4n) is 2.49. The van der Waals surface area contributed by atoms with Gasteiger partial charge in [-0.1, -0.05) is 6.08 Å². The van der Waals surface area contributed by atoms with Crippen molar-refractivity contribution in [1.82, 2.24) is 19.5 Å². The maximum absolute atomic E-state index is 10.8. The minimum Gasteiger partial charge on any atom is -0.481 e. The van der Waals surface area contributed by atoms with E-state index in [0.717, 1.165) is 0 Å². The molecule has 0 fully saturated rings. The topological polar surface area (TPSA) is 147 Å². The van der Waals surface area contributed by atoms with Crippen molar-refractivity contribution >= 4 is 23.0 Å². The summed E-state index contributed by atoms with van der Waals surface area (Å²) in [6.07, 6.45) is 1.48. The van der Waals surface area contributed by atoms with Crippen LogP contribution in [0, 0.1) is 0 Å². The Kier molecular flexibility index (Phi) is 3.07. The van der Waals surface area contributed by atoms with Crippen molar-refractivity contribution in [2.75, 3.05) is 5.73 Å². The van der Waals surface area contributed by atoms with Crippen molar-refractivity contribution in [3.8, 4) is 0 Å². The molecule has 0 bridgehead atoms. The molecule has 0 aromatic carbocycles. The summed E-state index contributed by atoms with van der Waals surface area (Å²) < 4.78 is 1.54. The molecular formula is C12H13N5O4. The van der Waals surface area contributed by atoms with Crippen LogP contribution in [0.15, 0.2) is 24.3 Å². The van der Waals surface area contributed by atoms with E-state index in [-0.39, 0.29) is 17.8 Å². The summed E-state index contributed by atoms with van der Waals surface area (Å²) in [5.74, 6) is -0.864. The molecule has 0 saturated carbocycles. The molecule has 0 amide bonds. The molecule has 0 spiro atoms. The molecule has 9 nitrogen and oxygen atoms in total. The Balaban J connectivity index is 2.04. The quantitative estimate of drug-likeness (QED) is 0.531. The third-order valence-corrected chi connectivity index (χ3v) is 3.50. The third kappa shape index (κ3) is 2.12. The number of carbonyl (C=O) groups is 1. The molecule has 110 valence electrons. The maximum atomic E-state index is 10.8. The van der Waals surface area contributed by atoms with Crippen LogP contribution in [0.4, 0.5) is 5.82 Å². The van der Waals surface area contributed by atoms with Crippen LogP contribution in [-0.4, -0.2) is 53.0 Å². The summed E-state index contributed by atoms with van der Waals surface area (Å²) in [6.45, 7) is 0. The average Bonchev–Trinajstić information content (AvgIpc) is 2.96. The number of aliphatic hydroxyl groups is 2. The molecule has 3 rings (SSSR count). The Hall–Kier alpha value is -2.52. The number of aromatic nitrogens is 4. The summed E-state index contributed by atoms with van der Waals surface area (Å²) in [7, 11) is 0. The number of aliphatic carboxylic acids is 1. The number of imidazole rings is 1.